The van der Waals surface area contributed by atoms with E-state index in [0.717, 1.165) is 11.3 Å². The lowest BCUT2D eigenvalue weighted by atomic mass is 10.1. The second-order valence-corrected chi connectivity index (χ2v) is 5.67. The van der Waals surface area contributed by atoms with Gasteiger partial charge in [-0.2, -0.15) is 5.10 Å². The lowest BCUT2D eigenvalue weighted by Gasteiger charge is -2.06. The normalized spacial score (nSPS) is 10.4. The smallest absolute Gasteiger partial charge is 0.273 e. The van der Waals surface area contributed by atoms with Gasteiger partial charge >= 0.3 is 0 Å². The predicted molar refractivity (Wildman–Crippen MR) is 97.2 cm³/mol. The molecule has 1 amide bonds. The third-order valence-corrected chi connectivity index (χ3v) is 3.77. The van der Waals surface area contributed by atoms with Crippen LogP contribution < -0.4 is 10.0 Å². The predicted octanol–water partition coefficient (Wildman–Crippen LogP) is 3.72. The van der Waals surface area contributed by atoms with Crippen LogP contribution in [0.4, 0.5) is 11.4 Å². The quantitative estimate of drug-likeness (QED) is 0.532. The number of aromatic amines is 1. The van der Waals surface area contributed by atoms with Crippen LogP contribution in [0.15, 0.2) is 54.6 Å². The van der Waals surface area contributed by atoms with Crippen molar-refractivity contribution in [1.82, 2.24) is 10.2 Å². The van der Waals surface area contributed by atoms with Gasteiger partial charge in [0, 0.05) is 23.2 Å². The van der Waals surface area contributed by atoms with Gasteiger partial charge in [0.15, 0.2) is 0 Å². The van der Waals surface area contributed by atoms with E-state index >= 15 is 0 Å². The maximum atomic E-state index is 12.3. The molecule has 3 rings (SSSR count). The van der Waals surface area contributed by atoms with Crippen LogP contribution in [0.1, 0.15) is 10.5 Å². The number of phenolic OH excluding ortho intramolecular Hbond substituents is 1. The molecular formula is C17H16N4O2S. The van der Waals surface area contributed by atoms with E-state index in [1.165, 1.54) is 11.9 Å². The molecule has 0 bridgehead atoms. The average Bonchev–Trinajstić information content (AvgIpc) is 3.06. The summed E-state index contributed by atoms with van der Waals surface area (Å²) >= 11 is 1.48. The first kappa shape index (κ1) is 15.9. The molecule has 0 aliphatic heterocycles. The van der Waals surface area contributed by atoms with Crippen molar-refractivity contribution in [1.29, 1.82) is 0 Å². The molecule has 3 aromatic rings. The van der Waals surface area contributed by atoms with E-state index in [0.29, 0.717) is 17.1 Å². The third-order valence-electron chi connectivity index (χ3n) is 3.33. The zero-order valence-electron chi connectivity index (χ0n) is 12.9. The average molecular weight is 340 g/mol. The van der Waals surface area contributed by atoms with Gasteiger partial charge in [-0.05, 0) is 48.5 Å². The Bertz CT molecular complexity index is 846. The van der Waals surface area contributed by atoms with Gasteiger partial charge in [-0.25, -0.2) is 0 Å². The number of aromatic nitrogens is 2. The fraction of sp³-hybridized carbons (Fsp3) is 0.0588. The Hall–Kier alpha value is -2.93. The number of carbonyl (C=O) groups is 1. The number of benzene rings is 2. The SMILES string of the molecule is CSNc1cccc(NC(=O)c2cc(-c3ccc(O)cc3)n[nH]2)c1. The van der Waals surface area contributed by atoms with Crippen molar-refractivity contribution in [3.63, 3.8) is 0 Å². The number of amides is 1. The maximum Gasteiger partial charge on any atom is 0.273 e. The molecule has 0 aliphatic rings. The summed E-state index contributed by atoms with van der Waals surface area (Å²) in [5.41, 5.74) is 3.42. The number of hydrogen-bond donors (Lipinski definition) is 4. The van der Waals surface area contributed by atoms with Gasteiger partial charge in [0.25, 0.3) is 5.91 Å². The molecule has 0 radical (unpaired) electrons. The number of phenols is 1. The minimum absolute atomic E-state index is 0.186. The highest BCUT2D eigenvalue weighted by molar-refractivity contribution is 7.99. The summed E-state index contributed by atoms with van der Waals surface area (Å²) in [6.45, 7) is 0. The number of nitrogens with one attached hydrogen (secondary N) is 3. The maximum absolute atomic E-state index is 12.3. The first-order valence-corrected chi connectivity index (χ1v) is 8.43. The Morgan fingerprint density at radius 2 is 1.88 bits per heavy atom. The van der Waals surface area contributed by atoms with Crippen LogP contribution in [0.2, 0.25) is 0 Å². The van der Waals surface area contributed by atoms with Crippen molar-refractivity contribution >= 4 is 29.2 Å². The number of anilines is 2. The van der Waals surface area contributed by atoms with Crippen LogP contribution in [0.5, 0.6) is 5.75 Å². The van der Waals surface area contributed by atoms with Gasteiger partial charge in [-0.3, -0.25) is 9.89 Å². The van der Waals surface area contributed by atoms with Crippen molar-refractivity contribution < 1.29 is 9.90 Å². The van der Waals surface area contributed by atoms with Gasteiger partial charge in [0.05, 0.1) is 5.69 Å². The monoisotopic (exact) mass is 340 g/mol. The van der Waals surface area contributed by atoms with Gasteiger partial charge in [0.2, 0.25) is 0 Å². The number of rotatable bonds is 5. The molecule has 24 heavy (non-hydrogen) atoms. The van der Waals surface area contributed by atoms with Crippen LogP contribution in [-0.4, -0.2) is 27.5 Å². The fourth-order valence-electron chi connectivity index (χ4n) is 2.19. The van der Waals surface area contributed by atoms with E-state index in [1.54, 1.807) is 30.3 Å². The molecule has 0 unspecified atom stereocenters. The van der Waals surface area contributed by atoms with E-state index in [1.807, 2.05) is 30.5 Å². The van der Waals surface area contributed by atoms with Crippen LogP contribution >= 0.6 is 11.9 Å². The van der Waals surface area contributed by atoms with Crippen LogP contribution in [0, 0.1) is 0 Å². The highest BCUT2D eigenvalue weighted by Gasteiger charge is 2.11. The molecule has 4 N–H and O–H groups in total. The van der Waals surface area contributed by atoms with E-state index in [2.05, 4.69) is 20.2 Å². The lowest BCUT2D eigenvalue weighted by molar-refractivity contribution is 0.102. The molecule has 0 atom stereocenters. The van der Waals surface area contributed by atoms with E-state index in [9.17, 15) is 9.90 Å². The summed E-state index contributed by atoms with van der Waals surface area (Å²) < 4.78 is 3.12. The zero-order valence-corrected chi connectivity index (χ0v) is 13.7. The first-order chi connectivity index (χ1) is 11.7. The second kappa shape index (κ2) is 7.10. The number of nitrogens with zero attached hydrogens (tertiary/aromatic N) is 1. The Morgan fingerprint density at radius 1 is 1.12 bits per heavy atom. The van der Waals surface area contributed by atoms with Crippen LogP contribution in [0.25, 0.3) is 11.3 Å². The summed E-state index contributed by atoms with van der Waals surface area (Å²) in [5.74, 6) is -0.0835. The molecule has 0 saturated carbocycles. The Labute approximate surface area is 143 Å². The Kier molecular flexibility index (Phi) is 4.72. The zero-order chi connectivity index (χ0) is 16.9. The van der Waals surface area contributed by atoms with Gasteiger partial charge in [0.1, 0.15) is 11.4 Å². The topological polar surface area (TPSA) is 90.0 Å². The fourth-order valence-corrected chi connectivity index (χ4v) is 2.56. The van der Waals surface area contributed by atoms with Gasteiger partial charge < -0.3 is 15.1 Å². The van der Waals surface area contributed by atoms with Crippen molar-refractivity contribution in [2.45, 2.75) is 0 Å². The van der Waals surface area contributed by atoms with E-state index in [-0.39, 0.29) is 11.7 Å². The summed E-state index contributed by atoms with van der Waals surface area (Å²) in [6.07, 6.45) is 1.93. The lowest BCUT2D eigenvalue weighted by Crippen LogP contribution is -2.12. The largest absolute Gasteiger partial charge is 0.508 e. The highest BCUT2D eigenvalue weighted by Crippen LogP contribution is 2.21. The van der Waals surface area contributed by atoms with Crippen LogP contribution in [0.3, 0.4) is 0 Å². The Morgan fingerprint density at radius 3 is 2.62 bits per heavy atom. The molecular weight excluding hydrogens is 324 g/mol. The molecule has 0 spiro atoms. The van der Waals surface area contributed by atoms with Crippen molar-refractivity contribution in [2.75, 3.05) is 16.3 Å². The molecule has 1 aromatic heterocycles. The Balaban J connectivity index is 1.74. The molecule has 1 heterocycles. The minimum atomic E-state index is -0.270. The van der Waals surface area contributed by atoms with Gasteiger partial charge in [-0.15, -0.1) is 0 Å². The summed E-state index contributed by atoms with van der Waals surface area (Å²) in [4.78, 5) is 12.3. The molecule has 122 valence electrons. The third kappa shape index (κ3) is 3.69. The number of H-pyrrole nitrogens is 1. The summed E-state index contributed by atoms with van der Waals surface area (Å²) in [7, 11) is 0. The minimum Gasteiger partial charge on any atom is -0.508 e. The second-order valence-electron chi connectivity index (χ2n) is 5.05. The van der Waals surface area contributed by atoms with Crippen molar-refractivity contribution in [2.24, 2.45) is 0 Å². The van der Waals surface area contributed by atoms with Crippen LogP contribution in [-0.2, 0) is 0 Å². The molecule has 7 heteroatoms. The number of carbonyl (C=O) groups excluding carboxylic acids is 1. The van der Waals surface area contributed by atoms with E-state index in [4.69, 9.17) is 0 Å². The molecule has 6 nitrogen and oxygen atoms in total. The summed E-state index contributed by atoms with van der Waals surface area (Å²) in [6, 6.07) is 15.8. The number of aromatic hydroxyl groups is 1. The van der Waals surface area contributed by atoms with Crippen molar-refractivity contribution in [3.05, 3.63) is 60.3 Å². The highest BCUT2D eigenvalue weighted by atomic mass is 32.2. The number of hydrogen-bond acceptors (Lipinski definition) is 5. The molecule has 2 aromatic carbocycles. The van der Waals surface area contributed by atoms with Crippen molar-refractivity contribution in [3.8, 4) is 17.0 Å². The first-order valence-electron chi connectivity index (χ1n) is 7.21. The van der Waals surface area contributed by atoms with E-state index < -0.39 is 0 Å². The van der Waals surface area contributed by atoms with Gasteiger partial charge in [-0.1, -0.05) is 18.0 Å². The standard InChI is InChI=1S/C17H16N4O2S/c1-24-21-13-4-2-3-12(9-13)18-17(23)16-10-15(19-20-16)11-5-7-14(22)8-6-11/h2-10,21-22H,1H3,(H,18,23)(H,19,20). The molecule has 0 aliphatic carbocycles. The molecule has 0 saturated heterocycles. The summed E-state index contributed by atoms with van der Waals surface area (Å²) in [5, 5.41) is 19.0. The molecule has 0 fully saturated rings.